The first-order chi connectivity index (χ1) is 9.22. The molecule has 0 saturated heterocycles. The molecule has 0 aliphatic heterocycles. The number of carbonyl (C=O) groups is 1. The molecule has 2 nitrogen and oxygen atoms in total. The fourth-order valence-electron chi connectivity index (χ4n) is 1.44. The zero-order valence-corrected chi connectivity index (χ0v) is 12.8. The van der Waals surface area contributed by atoms with Gasteiger partial charge in [0.2, 0.25) is 0 Å². The highest BCUT2D eigenvalue weighted by molar-refractivity contribution is 8.00. The Hall–Kier alpha value is -0.460. The molecule has 0 radical (unpaired) electrons. The van der Waals surface area contributed by atoms with Crippen LogP contribution in [-0.4, -0.2) is 35.9 Å². The van der Waals surface area contributed by atoms with E-state index in [4.69, 9.17) is 4.74 Å². The summed E-state index contributed by atoms with van der Waals surface area (Å²) in [6.45, 7) is 5.86. The topological polar surface area (TPSA) is 26.3 Å². The molecule has 20 heavy (non-hydrogen) atoms. The number of carbonyl (C=O) groups excluding carboxylic acids is 1. The highest BCUT2D eigenvalue weighted by atomic mass is 32.2. The van der Waals surface area contributed by atoms with Gasteiger partial charge >= 0.3 is 18.3 Å². The Morgan fingerprint density at radius 1 is 1.30 bits per heavy atom. The second-order valence-electron chi connectivity index (χ2n) is 4.87. The number of hydrogen-bond acceptors (Lipinski definition) is 3. The Kier molecular flexibility index (Phi) is 9.25. The van der Waals surface area contributed by atoms with Crippen molar-refractivity contribution in [3.8, 4) is 0 Å². The third-order valence-corrected chi connectivity index (χ3v) is 4.18. The van der Waals surface area contributed by atoms with Crippen LogP contribution in [-0.2, 0) is 9.53 Å². The van der Waals surface area contributed by atoms with Crippen molar-refractivity contribution in [2.75, 3.05) is 12.4 Å². The molecule has 1 atom stereocenters. The van der Waals surface area contributed by atoms with Gasteiger partial charge in [0.05, 0.1) is 6.61 Å². The number of ether oxygens (including phenoxy) is 1. The van der Waals surface area contributed by atoms with Crippen LogP contribution in [0, 0.1) is 5.92 Å². The van der Waals surface area contributed by atoms with Gasteiger partial charge in [-0.2, -0.15) is 0 Å². The predicted octanol–water partition coefficient (Wildman–Crippen LogP) is 4.38. The monoisotopic (exact) mass is 318 g/mol. The van der Waals surface area contributed by atoms with E-state index in [0.29, 0.717) is 13.0 Å². The van der Waals surface area contributed by atoms with Crippen LogP contribution < -0.4 is 0 Å². The van der Waals surface area contributed by atoms with E-state index >= 15 is 0 Å². The van der Waals surface area contributed by atoms with Crippen LogP contribution in [0.3, 0.4) is 0 Å². The summed E-state index contributed by atoms with van der Waals surface area (Å²) in [6, 6.07) is 0. The minimum atomic E-state index is -3.95. The van der Waals surface area contributed by atoms with Crippen molar-refractivity contribution in [2.45, 2.75) is 57.6 Å². The summed E-state index contributed by atoms with van der Waals surface area (Å²) in [7, 11) is 0. The summed E-state index contributed by atoms with van der Waals surface area (Å²) in [5, 5.41) is -0.443. The Labute approximate surface area is 121 Å². The molecule has 0 aliphatic rings. The quantitative estimate of drug-likeness (QED) is 0.340. The van der Waals surface area contributed by atoms with E-state index in [1.54, 1.807) is 0 Å². The Balaban J connectivity index is 4.14. The molecule has 0 N–H and O–H groups in total. The van der Waals surface area contributed by atoms with Crippen molar-refractivity contribution in [3.05, 3.63) is 0 Å². The van der Waals surface area contributed by atoms with Crippen molar-refractivity contribution < 1.29 is 27.1 Å². The molecule has 0 aromatic rings. The normalized spacial score (nSPS) is 13.8. The van der Waals surface area contributed by atoms with E-state index < -0.39 is 24.0 Å². The summed E-state index contributed by atoms with van der Waals surface area (Å²) >= 11 is 1.19. The van der Waals surface area contributed by atoms with E-state index in [1.165, 1.54) is 11.8 Å². The van der Waals surface area contributed by atoms with E-state index in [1.807, 2.05) is 20.8 Å². The first-order valence-corrected chi connectivity index (χ1v) is 7.71. The molecule has 0 aromatic carbocycles. The molecular formula is C13H22F4O2S. The fourth-order valence-corrected chi connectivity index (χ4v) is 2.60. The summed E-state index contributed by atoms with van der Waals surface area (Å²) < 4.78 is 54.4. The zero-order valence-electron chi connectivity index (χ0n) is 12.0. The van der Waals surface area contributed by atoms with Gasteiger partial charge in [0, 0.05) is 6.42 Å². The van der Waals surface area contributed by atoms with Gasteiger partial charge in [-0.3, -0.25) is 4.79 Å². The molecule has 1 unspecified atom stereocenters. The first kappa shape index (κ1) is 19.5. The summed E-state index contributed by atoms with van der Waals surface area (Å²) in [4.78, 5) is 11.7. The van der Waals surface area contributed by atoms with Gasteiger partial charge in [0.1, 0.15) is 5.25 Å². The first-order valence-electron chi connectivity index (χ1n) is 6.66. The van der Waals surface area contributed by atoms with Gasteiger partial charge in [-0.25, -0.2) is 17.6 Å². The lowest BCUT2D eigenvalue weighted by molar-refractivity contribution is -0.143. The third-order valence-electron chi connectivity index (χ3n) is 2.56. The lowest BCUT2D eigenvalue weighted by Gasteiger charge is -2.19. The van der Waals surface area contributed by atoms with Gasteiger partial charge in [0.25, 0.3) is 0 Å². The number of hydrogen-bond donors (Lipinski definition) is 0. The maximum absolute atomic E-state index is 12.7. The predicted molar refractivity (Wildman–Crippen MR) is 72.5 cm³/mol. The second kappa shape index (κ2) is 9.47. The number of thioether (sulfide) groups is 1. The average Bonchev–Trinajstić information content (AvgIpc) is 2.35. The minimum Gasteiger partial charge on any atom is -0.465 e. The molecule has 0 fully saturated rings. The number of esters is 1. The van der Waals surface area contributed by atoms with Crippen LogP contribution >= 0.6 is 11.8 Å². The van der Waals surface area contributed by atoms with Gasteiger partial charge < -0.3 is 4.74 Å². The van der Waals surface area contributed by atoms with Gasteiger partial charge in [-0.1, -0.05) is 20.8 Å². The van der Waals surface area contributed by atoms with E-state index in [-0.39, 0.29) is 24.1 Å². The van der Waals surface area contributed by atoms with Crippen LogP contribution in [0.2, 0.25) is 0 Å². The van der Waals surface area contributed by atoms with E-state index in [2.05, 4.69) is 0 Å². The smallest absolute Gasteiger partial charge is 0.319 e. The van der Waals surface area contributed by atoms with Crippen LogP contribution in [0.5, 0.6) is 0 Å². The van der Waals surface area contributed by atoms with Crippen molar-refractivity contribution in [3.63, 3.8) is 0 Å². The largest absolute Gasteiger partial charge is 0.465 e. The molecular weight excluding hydrogens is 296 g/mol. The third kappa shape index (κ3) is 7.36. The van der Waals surface area contributed by atoms with Crippen molar-refractivity contribution in [2.24, 2.45) is 5.92 Å². The molecule has 0 aliphatic carbocycles. The number of alkyl halides is 4. The van der Waals surface area contributed by atoms with Crippen LogP contribution in [0.15, 0.2) is 0 Å². The Bertz CT molecular complexity index is 286. The van der Waals surface area contributed by atoms with Gasteiger partial charge in [-0.15, -0.1) is 11.8 Å². The maximum Gasteiger partial charge on any atom is 0.319 e. The molecule has 0 rings (SSSR count). The van der Waals surface area contributed by atoms with Crippen molar-refractivity contribution in [1.29, 1.82) is 0 Å². The zero-order chi connectivity index (χ0) is 15.8. The van der Waals surface area contributed by atoms with E-state index in [0.717, 1.165) is 0 Å². The lowest BCUT2D eigenvalue weighted by atomic mass is 10.1. The summed E-state index contributed by atoms with van der Waals surface area (Å²) in [5.74, 6) is -4.09. The minimum absolute atomic E-state index is 0.0000323. The van der Waals surface area contributed by atoms with Crippen molar-refractivity contribution in [1.82, 2.24) is 0 Å². The average molecular weight is 318 g/mol. The molecule has 0 heterocycles. The number of halogens is 4. The van der Waals surface area contributed by atoms with Crippen LogP contribution in [0.25, 0.3) is 0 Å². The number of rotatable bonds is 10. The van der Waals surface area contributed by atoms with Gasteiger partial charge in [0.15, 0.2) is 0 Å². The maximum atomic E-state index is 12.7. The summed E-state index contributed by atoms with van der Waals surface area (Å²) in [5.41, 5.74) is 0. The second-order valence-corrected chi connectivity index (χ2v) is 6.12. The summed E-state index contributed by atoms with van der Waals surface area (Å²) in [6.07, 6.45) is -3.86. The Morgan fingerprint density at radius 2 is 1.90 bits per heavy atom. The molecule has 0 bridgehead atoms. The lowest BCUT2D eigenvalue weighted by Crippen LogP contribution is -2.28. The molecule has 0 saturated carbocycles. The molecule has 7 heteroatoms. The molecule has 120 valence electrons. The van der Waals surface area contributed by atoms with Crippen molar-refractivity contribution >= 4 is 17.7 Å². The molecule has 0 spiro atoms. The van der Waals surface area contributed by atoms with Crippen LogP contribution in [0.1, 0.15) is 40.0 Å². The Morgan fingerprint density at radius 3 is 2.35 bits per heavy atom. The SMILES string of the molecule is CCCOC(=O)C(SCCCC(F)(F)C(F)F)C(C)C. The molecule has 0 amide bonds. The van der Waals surface area contributed by atoms with Crippen LogP contribution in [0.4, 0.5) is 17.6 Å². The highest BCUT2D eigenvalue weighted by Crippen LogP contribution is 2.30. The fraction of sp³-hybridized carbons (Fsp3) is 0.923. The highest BCUT2D eigenvalue weighted by Gasteiger charge is 2.39. The van der Waals surface area contributed by atoms with Gasteiger partial charge in [-0.05, 0) is 24.5 Å². The van der Waals surface area contributed by atoms with E-state index in [9.17, 15) is 22.4 Å². The standard InChI is InChI=1S/C13H22F4O2S/c1-4-7-19-11(18)10(9(2)3)20-8-5-6-13(16,17)12(14)15/h9-10,12H,4-8H2,1-3H3. The molecule has 0 aromatic heterocycles.